The zero-order valence-electron chi connectivity index (χ0n) is 11.2. The molecule has 1 aromatic carbocycles. The van der Waals surface area contributed by atoms with Crippen molar-refractivity contribution in [1.82, 2.24) is 5.32 Å². The van der Waals surface area contributed by atoms with Gasteiger partial charge in [-0.25, -0.2) is 0 Å². The van der Waals surface area contributed by atoms with Gasteiger partial charge in [0, 0.05) is 6.04 Å². The smallest absolute Gasteiger partial charge is 0.125 e. The molecule has 1 aromatic rings. The van der Waals surface area contributed by atoms with Crippen molar-refractivity contribution in [3.63, 3.8) is 0 Å². The third-order valence-corrected chi connectivity index (χ3v) is 4.30. The molecule has 1 aliphatic heterocycles. The van der Waals surface area contributed by atoms with E-state index >= 15 is 0 Å². The first-order valence-corrected chi connectivity index (χ1v) is 7.29. The average molecular weight is 245 g/mol. The maximum Gasteiger partial charge on any atom is 0.125 e. The minimum atomic E-state index is 0.699. The van der Waals surface area contributed by atoms with Crippen LogP contribution in [0.3, 0.4) is 0 Å². The van der Waals surface area contributed by atoms with Crippen molar-refractivity contribution < 1.29 is 4.74 Å². The minimum Gasteiger partial charge on any atom is -0.493 e. The molecule has 18 heavy (non-hydrogen) atoms. The lowest BCUT2D eigenvalue weighted by atomic mass is 9.97. The Morgan fingerprint density at radius 3 is 3.06 bits per heavy atom. The summed E-state index contributed by atoms with van der Waals surface area (Å²) in [6.45, 7) is 0.891. The molecule has 1 atom stereocenters. The molecule has 0 bridgehead atoms. The van der Waals surface area contributed by atoms with Crippen LogP contribution in [0.4, 0.5) is 0 Å². The maximum absolute atomic E-state index is 5.88. The predicted octanol–water partition coefficient (Wildman–Crippen LogP) is 2.94. The van der Waals surface area contributed by atoms with E-state index < -0.39 is 0 Å². The van der Waals surface area contributed by atoms with E-state index in [1.807, 2.05) is 0 Å². The highest BCUT2D eigenvalue weighted by molar-refractivity contribution is 5.42. The third kappa shape index (κ3) is 2.54. The number of aryl methyl sites for hydroxylation is 2. The molecular weight excluding hydrogens is 222 g/mol. The molecule has 2 nitrogen and oxygen atoms in total. The number of fused-ring (bicyclic) bond motifs is 1. The molecule has 0 saturated heterocycles. The fourth-order valence-electron chi connectivity index (χ4n) is 3.08. The summed E-state index contributed by atoms with van der Waals surface area (Å²) in [5.41, 5.74) is 2.82. The number of hydrogen-bond donors (Lipinski definition) is 1. The zero-order valence-corrected chi connectivity index (χ0v) is 11.2. The highest BCUT2D eigenvalue weighted by Crippen LogP contribution is 2.35. The highest BCUT2D eigenvalue weighted by Gasteiger charge is 2.29. The molecule has 1 unspecified atom stereocenters. The molecule has 0 amide bonds. The van der Waals surface area contributed by atoms with Crippen LogP contribution in [0.25, 0.3) is 0 Å². The number of rotatable bonds is 5. The van der Waals surface area contributed by atoms with E-state index in [4.69, 9.17) is 4.74 Å². The van der Waals surface area contributed by atoms with E-state index in [2.05, 4.69) is 30.6 Å². The van der Waals surface area contributed by atoms with Gasteiger partial charge in [0.2, 0.25) is 0 Å². The summed E-state index contributed by atoms with van der Waals surface area (Å²) in [6.07, 6.45) is 7.55. The van der Waals surface area contributed by atoms with Crippen LogP contribution in [0, 0.1) is 5.92 Å². The Labute approximate surface area is 110 Å². The van der Waals surface area contributed by atoms with Gasteiger partial charge < -0.3 is 10.1 Å². The molecule has 1 fully saturated rings. The Hall–Kier alpha value is -1.02. The number of benzene rings is 1. The first-order chi connectivity index (χ1) is 8.88. The standard InChI is InChI=1S/C16H23NO/c1-17-15(12-7-8-12)10-9-14-5-2-4-13-6-3-11-18-16(13)14/h2,4-5,12,15,17H,3,6-11H2,1H3. The Morgan fingerprint density at radius 1 is 1.39 bits per heavy atom. The van der Waals surface area contributed by atoms with E-state index in [0.29, 0.717) is 6.04 Å². The van der Waals surface area contributed by atoms with Crippen LogP contribution in [0.2, 0.25) is 0 Å². The first-order valence-electron chi connectivity index (χ1n) is 7.29. The monoisotopic (exact) mass is 245 g/mol. The van der Waals surface area contributed by atoms with E-state index in [9.17, 15) is 0 Å². The van der Waals surface area contributed by atoms with Gasteiger partial charge in [0.1, 0.15) is 5.75 Å². The van der Waals surface area contributed by atoms with E-state index in [1.165, 1.54) is 42.6 Å². The first kappa shape index (κ1) is 12.0. The maximum atomic E-state index is 5.88. The lowest BCUT2D eigenvalue weighted by Gasteiger charge is -2.21. The van der Waals surface area contributed by atoms with Crippen molar-refractivity contribution in [3.8, 4) is 5.75 Å². The molecule has 1 N–H and O–H groups in total. The normalized spacial score (nSPS) is 20.1. The molecule has 98 valence electrons. The lowest BCUT2D eigenvalue weighted by Crippen LogP contribution is -2.28. The molecule has 3 rings (SSSR count). The zero-order chi connectivity index (χ0) is 12.4. The summed E-state index contributed by atoms with van der Waals surface area (Å²) < 4.78 is 5.88. The number of para-hydroxylation sites is 1. The molecule has 2 heteroatoms. The van der Waals surface area contributed by atoms with Crippen molar-refractivity contribution >= 4 is 0 Å². The summed E-state index contributed by atoms with van der Waals surface area (Å²) >= 11 is 0. The van der Waals surface area contributed by atoms with Gasteiger partial charge in [-0.2, -0.15) is 0 Å². The second-order valence-corrected chi connectivity index (χ2v) is 5.63. The second kappa shape index (κ2) is 5.31. The summed E-state index contributed by atoms with van der Waals surface area (Å²) in [5, 5.41) is 3.47. The number of hydrogen-bond acceptors (Lipinski definition) is 2. The minimum absolute atomic E-state index is 0.699. The fourth-order valence-corrected chi connectivity index (χ4v) is 3.08. The molecule has 0 aromatic heterocycles. The molecule has 1 heterocycles. The van der Waals surface area contributed by atoms with Gasteiger partial charge in [0.15, 0.2) is 0 Å². The van der Waals surface area contributed by atoms with E-state index in [-0.39, 0.29) is 0 Å². The van der Waals surface area contributed by atoms with Crippen LogP contribution in [0.5, 0.6) is 5.75 Å². The molecule has 1 saturated carbocycles. The Morgan fingerprint density at radius 2 is 2.28 bits per heavy atom. The van der Waals surface area contributed by atoms with Crippen LogP contribution >= 0.6 is 0 Å². The Kier molecular flexibility index (Phi) is 3.55. The van der Waals surface area contributed by atoms with Gasteiger partial charge in [0.25, 0.3) is 0 Å². The van der Waals surface area contributed by atoms with Crippen LogP contribution in [0.1, 0.15) is 36.8 Å². The van der Waals surface area contributed by atoms with Crippen LogP contribution in [-0.4, -0.2) is 19.7 Å². The molecular formula is C16H23NO. The molecule has 2 aliphatic rings. The Bertz CT molecular complexity index is 412. The summed E-state index contributed by atoms with van der Waals surface area (Å²) in [4.78, 5) is 0. The van der Waals surface area contributed by atoms with Gasteiger partial charge >= 0.3 is 0 Å². The van der Waals surface area contributed by atoms with E-state index in [0.717, 1.165) is 25.4 Å². The summed E-state index contributed by atoms with van der Waals surface area (Å²) in [5.74, 6) is 2.12. The van der Waals surface area contributed by atoms with Gasteiger partial charge in [-0.05, 0) is 62.6 Å². The number of ether oxygens (including phenoxy) is 1. The average Bonchev–Trinajstić information content (AvgIpc) is 3.24. The van der Waals surface area contributed by atoms with Crippen molar-refractivity contribution in [1.29, 1.82) is 0 Å². The van der Waals surface area contributed by atoms with Gasteiger partial charge in [-0.3, -0.25) is 0 Å². The van der Waals surface area contributed by atoms with E-state index in [1.54, 1.807) is 0 Å². The molecule has 0 radical (unpaired) electrons. The van der Waals surface area contributed by atoms with Crippen LogP contribution < -0.4 is 10.1 Å². The van der Waals surface area contributed by atoms with Crippen molar-refractivity contribution in [3.05, 3.63) is 29.3 Å². The van der Waals surface area contributed by atoms with Gasteiger partial charge in [0.05, 0.1) is 6.61 Å². The van der Waals surface area contributed by atoms with Crippen LogP contribution in [-0.2, 0) is 12.8 Å². The highest BCUT2D eigenvalue weighted by atomic mass is 16.5. The van der Waals surface area contributed by atoms with Gasteiger partial charge in [-0.1, -0.05) is 18.2 Å². The van der Waals surface area contributed by atoms with Crippen molar-refractivity contribution in [2.75, 3.05) is 13.7 Å². The van der Waals surface area contributed by atoms with Crippen LogP contribution in [0.15, 0.2) is 18.2 Å². The lowest BCUT2D eigenvalue weighted by molar-refractivity contribution is 0.284. The topological polar surface area (TPSA) is 21.3 Å². The predicted molar refractivity (Wildman–Crippen MR) is 74.2 cm³/mol. The molecule has 0 spiro atoms. The molecule has 1 aliphatic carbocycles. The quantitative estimate of drug-likeness (QED) is 0.861. The van der Waals surface area contributed by atoms with Crippen molar-refractivity contribution in [2.24, 2.45) is 5.92 Å². The SMILES string of the molecule is CNC(CCc1cccc2c1OCCC2)C1CC1. The third-order valence-electron chi connectivity index (χ3n) is 4.30. The fraction of sp³-hybridized carbons (Fsp3) is 0.625. The summed E-state index contributed by atoms with van der Waals surface area (Å²) in [7, 11) is 2.10. The second-order valence-electron chi connectivity index (χ2n) is 5.63. The van der Waals surface area contributed by atoms with Crippen molar-refractivity contribution in [2.45, 2.75) is 44.6 Å². The number of nitrogens with one attached hydrogen (secondary N) is 1. The Balaban J connectivity index is 1.68. The largest absolute Gasteiger partial charge is 0.493 e. The summed E-state index contributed by atoms with van der Waals surface area (Å²) in [6, 6.07) is 7.34. The van der Waals surface area contributed by atoms with Gasteiger partial charge in [-0.15, -0.1) is 0 Å².